The quantitative estimate of drug-likeness (QED) is 0.377. The van der Waals surface area contributed by atoms with Crippen molar-refractivity contribution in [2.45, 2.75) is 66.5 Å². The van der Waals surface area contributed by atoms with Crippen LogP contribution in [0.1, 0.15) is 72.2 Å². The summed E-state index contributed by atoms with van der Waals surface area (Å²) in [5, 5.41) is 3.23. The van der Waals surface area contributed by atoms with Gasteiger partial charge in [0, 0.05) is 29.9 Å². The van der Waals surface area contributed by atoms with Crippen LogP contribution >= 0.6 is 0 Å². The van der Waals surface area contributed by atoms with Crippen LogP contribution in [-0.2, 0) is 25.9 Å². The molecule has 0 saturated heterocycles. The molecule has 3 aromatic rings. The minimum absolute atomic E-state index is 0.257. The third kappa shape index (κ3) is 7.02. The molecule has 37 heavy (non-hydrogen) atoms. The number of hydrogen-bond donors (Lipinski definition) is 2. The number of nitrogens with zero attached hydrogens (tertiary/aromatic N) is 3. The van der Waals surface area contributed by atoms with E-state index >= 15 is 0 Å². The summed E-state index contributed by atoms with van der Waals surface area (Å²) in [4.78, 5) is 23.8. The SMILES string of the molecule is CCCN(Cc1cc(-c2cccc(C=O)c2)ccc1C)c1nc(CNC)nc2c1CC(C)(C)CC2.CN. The Balaban J connectivity index is 0.00000186. The van der Waals surface area contributed by atoms with E-state index < -0.39 is 0 Å². The van der Waals surface area contributed by atoms with Crippen LogP contribution < -0.4 is 16.0 Å². The lowest BCUT2D eigenvalue weighted by Crippen LogP contribution is -2.32. The van der Waals surface area contributed by atoms with Crippen LogP contribution in [0.2, 0.25) is 0 Å². The molecule has 1 heterocycles. The summed E-state index contributed by atoms with van der Waals surface area (Å²) in [6.07, 6.45) is 5.13. The summed E-state index contributed by atoms with van der Waals surface area (Å²) in [6.45, 7) is 11.5. The van der Waals surface area contributed by atoms with Gasteiger partial charge in [-0.05, 0) is 86.5 Å². The molecule has 1 aromatic heterocycles. The summed E-state index contributed by atoms with van der Waals surface area (Å²) < 4.78 is 0. The predicted molar refractivity (Wildman–Crippen MR) is 154 cm³/mol. The lowest BCUT2D eigenvalue weighted by molar-refractivity contribution is 0.112. The van der Waals surface area contributed by atoms with Gasteiger partial charge >= 0.3 is 0 Å². The standard InChI is InChI=1S/C30H38N4O.CH5N/c1-6-14-34(29-26-17-30(3,4)13-12-27(26)32-28(33-29)18-31-5)19-25-16-24(11-10-21(25)2)23-9-7-8-22(15-23)20-35;1-2/h7-11,15-16,20,31H,6,12-14,17-19H2,1-5H3;2H2,1H3. The van der Waals surface area contributed by atoms with Crippen LogP contribution in [0, 0.1) is 12.3 Å². The minimum Gasteiger partial charge on any atom is -0.352 e. The largest absolute Gasteiger partial charge is 0.352 e. The first-order valence-corrected chi connectivity index (χ1v) is 13.3. The Morgan fingerprint density at radius 3 is 2.57 bits per heavy atom. The van der Waals surface area contributed by atoms with Gasteiger partial charge in [0.05, 0.1) is 6.54 Å². The van der Waals surface area contributed by atoms with Crippen molar-refractivity contribution in [2.75, 3.05) is 25.5 Å². The molecule has 0 amide bonds. The van der Waals surface area contributed by atoms with Crippen LogP contribution in [0.25, 0.3) is 11.1 Å². The molecule has 0 bridgehead atoms. The highest BCUT2D eigenvalue weighted by Gasteiger charge is 2.30. The number of rotatable bonds is 9. The first-order valence-electron chi connectivity index (χ1n) is 13.3. The normalized spacial score (nSPS) is 13.8. The van der Waals surface area contributed by atoms with Gasteiger partial charge in [0.15, 0.2) is 0 Å². The van der Waals surface area contributed by atoms with Gasteiger partial charge in [-0.15, -0.1) is 0 Å². The number of nitrogens with one attached hydrogen (secondary N) is 1. The van der Waals surface area contributed by atoms with Crippen molar-refractivity contribution in [1.29, 1.82) is 0 Å². The van der Waals surface area contributed by atoms with Gasteiger partial charge in [0.1, 0.15) is 17.9 Å². The summed E-state index contributed by atoms with van der Waals surface area (Å²) >= 11 is 0. The number of carbonyl (C=O) groups excluding carboxylic acids is 1. The summed E-state index contributed by atoms with van der Waals surface area (Å²) in [5.41, 5.74) is 12.7. The smallest absolute Gasteiger partial charge is 0.150 e. The van der Waals surface area contributed by atoms with E-state index in [1.165, 1.54) is 29.4 Å². The van der Waals surface area contributed by atoms with Gasteiger partial charge in [0.2, 0.25) is 0 Å². The first kappa shape index (κ1) is 28.5. The van der Waals surface area contributed by atoms with Crippen molar-refractivity contribution in [3.8, 4) is 11.1 Å². The fourth-order valence-corrected chi connectivity index (χ4v) is 5.03. The van der Waals surface area contributed by atoms with E-state index in [1.54, 1.807) is 0 Å². The lowest BCUT2D eigenvalue weighted by atomic mass is 9.76. The minimum atomic E-state index is 0.257. The zero-order chi connectivity index (χ0) is 27.0. The third-order valence-corrected chi connectivity index (χ3v) is 7.01. The highest BCUT2D eigenvalue weighted by molar-refractivity contribution is 5.79. The Labute approximate surface area is 222 Å². The molecule has 0 radical (unpaired) electrons. The molecule has 0 saturated carbocycles. The summed E-state index contributed by atoms with van der Waals surface area (Å²) in [5.74, 6) is 1.97. The Bertz CT molecular complexity index is 1200. The van der Waals surface area contributed by atoms with Crippen molar-refractivity contribution in [3.63, 3.8) is 0 Å². The van der Waals surface area contributed by atoms with Crippen LogP contribution in [0.4, 0.5) is 5.82 Å². The number of benzene rings is 2. The van der Waals surface area contributed by atoms with Crippen LogP contribution in [0.3, 0.4) is 0 Å². The molecule has 0 atom stereocenters. The molecule has 0 fully saturated rings. The number of nitrogens with two attached hydrogens (primary N) is 1. The maximum absolute atomic E-state index is 11.3. The van der Waals surface area contributed by atoms with E-state index in [9.17, 15) is 4.79 Å². The molecular formula is C31H43N5O. The second kappa shape index (κ2) is 12.9. The van der Waals surface area contributed by atoms with Gasteiger partial charge in [-0.25, -0.2) is 9.97 Å². The molecule has 6 heteroatoms. The van der Waals surface area contributed by atoms with Gasteiger partial charge < -0.3 is 16.0 Å². The number of anilines is 1. The number of aromatic nitrogens is 2. The molecule has 2 aromatic carbocycles. The fourth-order valence-electron chi connectivity index (χ4n) is 5.03. The van der Waals surface area contributed by atoms with E-state index in [4.69, 9.17) is 9.97 Å². The molecule has 198 valence electrons. The second-order valence-corrected chi connectivity index (χ2v) is 10.6. The Hall–Kier alpha value is -3.09. The molecule has 4 rings (SSSR count). The van der Waals surface area contributed by atoms with Gasteiger partial charge in [-0.3, -0.25) is 4.79 Å². The third-order valence-electron chi connectivity index (χ3n) is 7.01. The maximum atomic E-state index is 11.3. The van der Waals surface area contributed by atoms with E-state index in [0.29, 0.717) is 12.1 Å². The molecule has 0 aliphatic heterocycles. The zero-order valence-electron chi connectivity index (χ0n) is 23.4. The number of aryl methyl sites for hydroxylation is 2. The molecule has 6 nitrogen and oxygen atoms in total. The lowest BCUT2D eigenvalue weighted by Gasteiger charge is -2.35. The van der Waals surface area contributed by atoms with Crippen molar-refractivity contribution in [3.05, 3.63) is 76.2 Å². The van der Waals surface area contributed by atoms with Crippen molar-refractivity contribution in [1.82, 2.24) is 15.3 Å². The highest BCUT2D eigenvalue weighted by Crippen LogP contribution is 2.38. The molecule has 0 spiro atoms. The van der Waals surface area contributed by atoms with Crippen LogP contribution in [0.5, 0.6) is 0 Å². The Morgan fingerprint density at radius 2 is 1.86 bits per heavy atom. The number of hydrogen-bond acceptors (Lipinski definition) is 6. The molecule has 0 unspecified atom stereocenters. The van der Waals surface area contributed by atoms with Crippen molar-refractivity contribution in [2.24, 2.45) is 11.1 Å². The van der Waals surface area contributed by atoms with E-state index in [0.717, 1.165) is 67.8 Å². The predicted octanol–water partition coefficient (Wildman–Crippen LogP) is 5.49. The maximum Gasteiger partial charge on any atom is 0.150 e. The molecule has 1 aliphatic rings. The van der Waals surface area contributed by atoms with Crippen LogP contribution in [-0.4, -0.2) is 36.9 Å². The Kier molecular flexibility index (Phi) is 9.95. The van der Waals surface area contributed by atoms with Gasteiger partial charge in [-0.1, -0.05) is 51.1 Å². The highest BCUT2D eigenvalue weighted by atomic mass is 16.1. The van der Waals surface area contributed by atoms with E-state index in [-0.39, 0.29) is 5.41 Å². The summed E-state index contributed by atoms with van der Waals surface area (Å²) in [7, 11) is 3.45. The zero-order valence-corrected chi connectivity index (χ0v) is 23.4. The van der Waals surface area contributed by atoms with Crippen LogP contribution in [0.15, 0.2) is 42.5 Å². The number of aldehydes is 1. The van der Waals surface area contributed by atoms with Gasteiger partial charge in [-0.2, -0.15) is 0 Å². The average Bonchev–Trinajstić information content (AvgIpc) is 2.90. The van der Waals surface area contributed by atoms with E-state index in [2.05, 4.69) is 67.9 Å². The fraction of sp³-hybridized carbons (Fsp3) is 0.452. The van der Waals surface area contributed by atoms with Crippen molar-refractivity contribution >= 4 is 12.1 Å². The number of fused-ring (bicyclic) bond motifs is 1. The molecular weight excluding hydrogens is 458 g/mol. The number of carbonyl (C=O) groups is 1. The first-order chi connectivity index (χ1) is 17.8. The molecule has 1 aliphatic carbocycles. The average molecular weight is 502 g/mol. The second-order valence-electron chi connectivity index (χ2n) is 10.6. The monoisotopic (exact) mass is 501 g/mol. The topological polar surface area (TPSA) is 84.1 Å². The summed E-state index contributed by atoms with van der Waals surface area (Å²) in [6, 6.07) is 14.4. The van der Waals surface area contributed by atoms with E-state index in [1.807, 2.05) is 25.2 Å². The van der Waals surface area contributed by atoms with Gasteiger partial charge in [0.25, 0.3) is 0 Å². The van der Waals surface area contributed by atoms with Crippen molar-refractivity contribution < 1.29 is 4.79 Å². The molecule has 3 N–H and O–H groups in total. The Morgan fingerprint density at radius 1 is 1.11 bits per heavy atom.